The van der Waals surface area contributed by atoms with Crippen molar-refractivity contribution in [1.82, 2.24) is 0 Å². The fourth-order valence-electron chi connectivity index (χ4n) is 2.11. The summed E-state index contributed by atoms with van der Waals surface area (Å²) >= 11 is 0. The van der Waals surface area contributed by atoms with Crippen molar-refractivity contribution in [2.24, 2.45) is 0 Å². The second-order valence-corrected chi connectivity index (χ2v) is 6.74. The number of benzene rings is 1. The van der Waals surface area contributed by atoms with Crippen molar-refractivity contribution in [2.45, 2.75) is 17.1 Å². The van der Waals surface area contributed by atoms with Gasteiger partial charge in [-0.1, -0.05) is 0 Å². The number of nitro groups is 1. The Morgan fingerprint density at radius 2 is 1.85 bits per heavy atom. The molecule has 20 heavy (non-hydrogen) atoms. The zero-order valence-electron chi connectivity index (χ0n) is 10.6. The Labute approximate surface area is 115 Å². The van der Waals surface area contributed by atoms with Crippen LogP contribution in [-0.4, -0.2) is 55.1 Å². The zero-order chi connectivity index (χ0) is 15.1. The van der Waals surface area contributed by atoms with Gasteiger partial charge in [-0.05, 0) is 12.1 Å². The third-order valence-electron chi connectivity index (χ3n) is 3.17. The second kappa shape index (κ2) is 5.00. The summed E-state index contributed by atoms with van der Waals surface area (Å²) in [5.41, 5.74) is -0.188. The lowest BCUT2D eigenvalue weighted by Gasteiger charge is -2.17. The third kappa shape index (κ3) is 2.74. The summed E-state index contributed by atoms with van der Waals surface area (Å²) < 4.78 is 22.9. The number of aliphatic hydroxyl groups excluding tert-OH is 2. The van der Waals surface area contributed by atoms with Gasteiger partial charge in [0.1, 0.15) is 5.69 Å². The van der Waals surface area contributed by atoms with Crippen LogP contribution in [0.4, 0.5) is 11.4 Å². The van der Waals surface area contributed by atoms with Gasteiger partial charge in [-0.3, -0.25) is 10.1 Å². The number of nitrogens with zero attached hydrogens (tertiary/aromatic N) is 2. The largest absolute Gasteiger partial charge is 0.389 e. The van der Waals surface area contributed by atoms with Gasteiger partial charge in [-0.25, -0.2) is 8.42 Å². The number of sulfone groups is 1. The lowest BCUT2D eigenvalue weighted by atomic mass is 10.2. The predicted molar refractivity (Wildman–Crippen MR) is 70.4 cm³/mol. The summed E-state index contributed by atoms with van der Waals surface area (Å²) in [7, 11) is -3.54. The van der Waals surface area contributed by atoms with Gasteiger partial charge in [0.25, 0.3) is 5.69 Å². The molecule has 2 unspecified atom stereocenters. The molecular weight excluding hydrogens is 288 g/mol. The van der Waals surface area contributed by atoms with E-state index in [-0.39, 0.29) is 29.4 Å². The van der Waals surface area contributed by atoms with E-state index in [1.165, 1.54) is 17.0 Å². The fraction of sp³-hybridized carbons (Fsp3) is 0.455. The van der Waals surface area contributed by atoms with Crippen LogP contribution < -0.4 is 4.90 Å². The van der Waals surface area contributed by atoms with E-state index in [0.717, 1.165) is 12.3 Å². The third-order valence-corrected chi connectivity index (χ3v) is 4.28. The highest BCUT2D eigenvalue weighted by Gasteiger charge is 2.33. The van der Waals surface area contributed by atoms with Crippen LogP contribution in [-0.2, 0) is 9.84 Å². The Kier molecular flexibility index (Phi) is 3.67. The highest BCUT2D eigenvalue weighted by atomic mass is 32.2. The normalized spacial score (nSPS) is 23.1. The van der Waals surface area contributed by atoms with E-state index in [2.05, 4.69) is 0 Å². The molecule has 0 bridgehead atoms. The molecule has 0 amide bonds. The quantitative estimate of drug-likeness (QED) is 0.572. The summed E-state index contributed by atoms with van der Waals surface area (Å²) in [5.74, 6) is 0. The van der Waals surface area contributed by atoms with Crippen LogP contribution in [0.1, 0.15) is 0 Å². The number of hydrogen-bond donors (Lipinski definition) is 2. The molecule has 1 aromatic rings. The first-order valence-corrected chi connectivity index (χ1v) is 7.69. The Morgan fingerprint density at radius 1 is 1.30 bits per heavy atom. The topological polar surface area (TPSA) is 121 Å². The number of β-amino-alcohol motifs (C(OH)–C–C–N with tert-alkyl or cyclic N) is 2. The fourth-order valence-corrected chi connectivity index (χ4v) is 2.75. The van der Waals surface area contributed by atoms with E-state index in [9.17, 15) is 28.7 Å². The van der Waals surface area contributed by atoms with Gasteiger partial charge < -0.3 is 15.1 Å². The van der Waals surface area contributed by atoms with Crippen LogP contribution in [0.15, 0.2) is 23.1 Å². The Morgan fingerprint density at radius 3 is 2.30 bits per heavy atom. The van der Waals surface area contributed by atoms with Gasteiger partial charge in [0.05, 0.1) is 22.0 Å². The maximum atomic E-state index is 11.4. The molecule has 9 heteroatoms. The van der Waals surface area contributed by atoms with Crippen molar-refractivity contribution in [3.63, 3.8) is 0 Å². The molecule has 2 atom stereocenters. The monoisotopic (exact) mass is 302 g/mol. The van der Waals surface area contributed by atoms with Crippen molar-refractivity contribution < 1.29 is 23.6 Å². The molecule has 110 valence electrons. The average Bonchev–Trinajstić information content (AvgIpc) is 2.67. The lowest BCUT2D eigenvalue weighted by Crippen LogP contribution is -2.22. The molecule has 1 fully saturated rings. The average molecular weight is 302 g/mol. The van der Waals surface area contributed by atoms with Crippen molar-refractivity contribution in [1.29, 1.82) is 0 Å². The van der Waals surface area contributed by atoms with E-state index < -0.39 is 27.0 Å². The summed E-state index contributed by atoms with van der Waals surface area (Å²) in [4.78, 5) is 11.7. The van der Waals surface area contributed by atoms with Crippen LogP contribution in [0, 0.1) is 10.1 Å². The minimum atomic E-state index is -3.54. The Balaban J connectivity index is 2.47. The Bertz CT molecular complexity index is 634. The van der Waals surface area contributed by atoms with Gasteiger partial charge in [-0.2, -0.15) is 0 Å². The highest BCUT2D eigenvalue weighted by molar-refractivity contribution is 7.90. The number of hydrogen-bond acceptors (Lipinski definition) is 7. The highest BCUT2D eigenvalue weighted by Crippen LogP contribution is 2.32. The second-order valence-electron chi connectivity index (χ2n) is 4.72. The van der Waals surface area contributed by atoms with Crippen molar-refractivity contribution >= 4 is 21.2 Å². The molecule has 2 rings (SSSR count). The molecule has 0 aliphatic carbocycles. The molecule has 1 aromatic carbocycles. The predicted octanol–water partition coefficient (Wildman–Crippen LogP) is -0.460. The van der Waals surface area contributed by atoms with E-state index >= 15 is 0 Å². The molecule has 1 aliphatic heterocycles. The summed E-state index contributed by atoms with van der Waals surface area (Å²) in [5, 5.41) is 30.1. The first kappa shape index (κ1) is 14.7. The van der Waals surface area contributed by atoms with Crippen LogP contribution in [0.25, 0.3) is 0 Å². The van der Waals surface area contributed by atoms with Gasteiger partial charge in [0.15, 0.2) is 9.84 Å². The van der Waals surface area contributed by atoms with Gasteiger partial charge in [0, 0.05) is 25.4 Å². The minimum Gasteiger partial charge on any atom is -0.389 e. The van der Waals surface area contributed by atoms with E-state index in [0.29, 0.717) is 0 Å². The maximum Gasteiger partial charge on any atom is 0.293 e. The lowest BCUT2D eigenvalue weighted by molar-refractivity contribution is -0.384. The maximum absolute atomic E-state index is 11.4. The van der Waals surface area contributed by atoms with E-state index in [1.807, 2.05) is 0 Å². The van der Waals surface area contributed by atoms with Crippen molar-refractivity contribution in [2.75, 3.05) is 24.2 Å². The number of anilines is 1. The number of nitro benzene ring substituents is 1. The van der Waals surface area contributed by atoms with Gasteiger partial charge >= 0.3 is 0 Å². The van der Waals surface area contributed by atoms with Crippen molar-refractivity contribution in [3.8, 4) is 0 Å². The molecule has 0 radical (unpaired) electrons. The van der Waals surface area contributed by atoms with Crippen LogP contribution in [0.2, 0.25) is 0 Å². The molecule has 0 spiro atoms. The Hall–Kier alpha value is -1.71. The molecule has 1 saturated heterocycles. The van der Waals surface area contributed by atoms with E-state index in [4.69, 9.17) is 0 Å². The first-order chi connectivity index (χ1) is 9.20. The number of rotatable bonds is 3. The van der Waals surface area contributed by atoms with Crippen LogP contribution in [0.5, 0.6) is 0 Å². The SMILES string of the molecule is CS(=O)(=O)c1ccc(N2CC(O)C(O)C2)c([N+](=O)[O-])c1. The van der Waals surface area contributed by atoms with Crippen molar-refractivity contribution in [3.05, 3.63) is 28.3 Å². The minimum absolute atomic E-state index is 0.0558. The van der Waals surface area contributed by atoms with Gasteiger partial charge in [0.2, 0.25) is 0 Å². The summed E-state index contributed by atoms with van der Waals surface area (Å²) in [6.45, 7) is 0.112. The molecule has 2 N–H and O–H groups in total. The zero-order valence-corrected chi connectivity index (χ0v) is 11.4. The van der Waals surface area contributed by atoms with Crippen LogP contribution >= 0.6 is 0 Å². The summed E-state index contributed by atoms with van der Waals surface area (Å²) in [6.07, 6.45) is -0.997. The van der Waals surface area contributed by atoms with Gasteiger partial charge in [-0.15, -0.1) is 0 Å². The first-order valence-electron chi connectivity index (χ1n) is 5.79. The van der Waals surface area contributed by atoms with E-state index in [1.54, 1.807) is 0 Å². The molecule has 0 aromatic heterocycles. The molecule has 8 nitrogen and oxygen atoms in total. The number of aliphatic hydroxyl groups is 2. The molecule has 0 saturated carbocycles. The van der Waals surface area contributed by atoms with Crippen LogP contribution in [0.3, 0.4) is 0 Å². The molecule has 1 heterocycles. The molecule has 1 aliphatic rings. The standard InChI is InChI=1S/C11H14N2O6S/c1-20(18,19)7-2-3-8(9(4-7)13(16)17)12-5-10(14)11(15)6-12/h2-4,10-11,14-15H,5-6H2,1H3. The smallest absolute Gasteiger partial charge is 0.293 e. The summed E-state index contributed by atoms with van der Waals surface area (Å²) in [6, 6.07) is 3.58. The molecular formula is C11H14N2O6S.